The average Bonchev–Trinajstić information content (AvgIpc) is 2.90. The molecule has 1 fully saturated rings. The highest BCUT2D eigenvalue weighted by atomic mass is 35.5. The topological polar surface area (TPSA) is 83.9 Å². The molecule has 0 saturated carbocycles. The zero-order valence-electron chi connectivity index (χ0n) is 13.9. The van der Waals surface area contributed by atoms with Gasteiger partial charge < -0.3 is 9.84 Å². The normalized spacial score (nSPS) is 15.4. The number of amides is 2. The number of aliphatic carboxylic acids is 1. The van der Waals surface area contributed by atoms with Gasteiger partial charge >= 0.3 is 5.97 Å². The Hall–Kier alpha value is -2.77. The Morgan fingerprint density at radius 3 is 2.56 bits per heavy atom. The van der Waals surface area contributed by atoms with E-state index in [1.54, 1.807) is 48.5 Å². The van der Waals surface area contributed by atoms with E-state index in [0.29, 0.717) is 16.3 Å². The van der Waals surface area contributed by atoms with E-state index in [1.807, 2.05) is 0 Å². The van der Waals surface area contributed by atoms with Crippen LogP contribution in [-0.2, 0) is 16.1 Å². The number of carbonyl (C=O) groups is 3. The summed E-state index contributed by atoms with van der Waals surface area (Å²) in [5.74, 6) is -1.19. The SMILES string of the molecule is O=C(O)COc1ccccc1/C=C1\SC(=O)N(Cc2ccc(Cl)cc2)C1=O. The van der Waals surface area contributed by atoms with Gasteiger partial charge in [0.1, 0.15) is 5.75 Å². The third kappa shape index (κ3) is 4.69. The molecule has 0 aromatic heterocycles. The molecule has 1 aliphatic heterocycles. The van der Waals surface area contributed by atoms with E-state index in [9.17, 15) is 14.4 Å². The molecule has 6 nitrogen and oxygen atoms in total. The van der Waals surface area contributed by atoms with Gasteiger partial charge in [-0.1, -0.05) is 41.9 Å². The predicted octanol–water partition coefficient (Wildman–Crippen LogP) is 4.04. The van der Waals surface area contributed by atoms with Crippen LogP contribution in [0.25, 0.3) is 6.08 Å². The fourth-order valence-electron chi connectivity index (χ4n) is 2.42. The molecule has 0 bridgehead atoms. The number of nitrogens with zero attached hydrogens (tertiary/aromatic N) is 1. The minimum atomic E-state index is -1.10. The highest BCUT2D eigenvalue weighted by Gasteiger charge is 2.35. The van der Waals surface area contributed by atoms with Crippen LogP contribution in [0.2, 0.25) is 5.02 Å². The second-order valence-corrected chi connectivity index (χ2v) is 7.04. The second kappa shape index (κ2) is 8.28. The largest absolute Gasteiger partial charge is 0.481 e. The lowest BCUT2D eigenvalue weighted by atomic mass is 10.1. The predicted molar refractivity (Wildman–Crippen MR) is 103 cm³/mol. The second-order valence-electron chi connectivity index (χ2n) is 5.61. The molecule has 0 atom stereocenters. The van der Waals surface area contributed by atoms with Crippen LogP contribution in [0, 0.1) is 0 Å². The summed E-state index contributed by atoms with van der Waals surface area (Å²) in [6.45, 7) is -0.348. The highest BCUT2D eigenvalue weighted by Crippen LogP contribution is 2.34. The molecule has 1 heterocycles. The number of carbonyl (C=O) groups excluding carboxylic acids is 2. The number of halogens is 1. The van der Waals surface area contributed by atoms with Gasteiger partial charge in [0.25, 0.3) is 11.1 Å². The lowest BCUT2D eigenvalue weighted by Crippen LogP contribution is -2.27. The summed E-state index contributed by atoms with van der Waals surface area (Å²) in [6.07, 6.45) is 1.53. The van der Waals surface area contributed by atoms with Crippen LogP contribution in [0.3, 0.4) is 0 Å². The summed E-state index contributed by atoms with van der Waals surface area (Å²) >= 11 is 6.68. The van der Waals surface area contributed by atoms with Gasteiger partial charge in [0.05, 0.1) is 11.4 Å². The minimum Gasteiger partial charge on any atom is -0.481 e. The number of thioether (sulfide) groups is 1. The molecule has 2 aromatic carbocycles. The van der Waals surface area contributed by atoms with E-state index < -0.39 is 18.5 Å². The summed E-state index contributed by atoms with van der Waals surface area (Å²) < 4.78 is 5.23. The molecule has 3 rings (SSSR count). The van der Waals surface area contributed by atoms with Crippen LogP contribution in [0.4, 0.5) is 4.79 Å². The van der Waals surface area contributed by atoms with Crippen LogP contribution >= 0.6 is 23.4 Å². The number of hydrogen-bond donors (Lipinski definition) is 1. The minimum absolute atomic E-state index is 0.149. The standard InChI is InChI=1S/C19H14ClNO5S/c20-14-7-5-12(6-8-14)10-21-18(24)16(27-19(21)25)9-13-3-1-2-4-15(13)26-11-17(22)23/h1-9H,10-11H2,(H,22,23)/b16-9-. The van der Waals surface area contributed by atoms with Crippen LogP contribution < -0.4 is 4.74 Å². The zero-order chi connectivity index (χ0) is 19.4. The first kappa shape index (κ1) is 19.0. The third-order valence-corrected chi connectivity index (χ3v) is 4.84. The molecule has 0 radical (unpaired) electrons. The molecular weight excluding hydrogens is 390 g/mol. The maximum atomic E-state index is 12.6. The van der Waals surface area contributed by atoms with Gasteiger partial charge in [0.2, 0.25) is 0 Å². The molecule has 1 saturated heterocycles. The van der Waals surface area contributed by atoms with Crippen molar-refractivity contribution in [3.63, 3.8) is 0 Å². The summed E-state index contributed by atoms with van der Waals surface area (Å²) in [5, 5.41) is 8.97. The molecule has 1 aliphatic rings. The van der Waals surface area contributed by atoms with Crippen molar-refractivity contribution in [1.29, 1.82) is 0 Å². The molecule has 27 heavy (non-hydrogen) atoms. The van der Waals surface area contributed by atoms with Gasteiger partial charge in [-0.05, 0) is 41.6 Å². The monoisotopic (exact) mass is 403 g/mol. The molecule has 0 unspecified atom stereocenters. The molecule has 0 spiro atoms. The van der Waals surface area contributed by atoms with Crippen LogP contribution in [0.5, 0.6) is 5.75 Å². The zero-order valence-corrected chi connectivity index (χ0v) is 15.5. The number of ether oxygens (including phenoxy) is 1. The van der Waals surface area contributed by atoms with E-state index in [2.05, 4.69) is 0 Å². The van der Waals surface area contributed by atoms with Crippen LogP contribution in [0.15, 0.2) is 53.4 Å². The van der Waals surface area contributed by atoms with Gasteiger partial charge in [-0.3, -0.25) is 14.5 Å². The smallest absolute Gasteiger partial charge is 0.341 e. The number of rotatable bonds is 6. The number of para-hydroxylation sites is 1. The van der Waals surface area contributed by atoms with Crippen molar-refractivity contribution in [2.45, 2.75) is 6.54 Å². The number of imide groups is 1. The van der Waals surface area contributed by atoms with Crippen molar-refractivity contribution in [2.75, 3.05) is 6.61 Å². The van der Waals surface area contributed by atoms with Gasteiger partial charge in [-0.2, -0.15) is 0 Å². The molecule has 8 heteroatoms. The lowest BCUT2D eigenvalue weighted by Gasteiger charge is -2.12. The fraction of sp³-hybridized carbons (Fsp3) is 0.105. The first-order chi connectivity index (χ1) is 12.9. The number of benzene rings is 2. The van der Waals surface area contributed by atoms with Crippen molar-refractivity contribution in [3.8, 4) is 5.75 Å². The Morgan fingerprint density at radius 2 is 1.85 bits per heavy atom. The lowest BCUT2D eigenvalue weighted by molar-refractivity contribution is -0.139. The first-order valence-corrected chi connectivity index (χ1v) is 9.07. The Bertz CT molecular complexity index is 926. The summed E-state index contributed by atoms with van der Waals surface area (Å²) in [5.41, 5.74) is 1.31. The van der Waals surface area contributed by atoms with E-state index in [1.165, 1.54) is 6.08 Å². The van der Waals surface area contributed by atoms with E-state index in [-0.39, 0.29) is 16.7 Å². The third-order valence-electron chi connectivity index (χ3n) is 3.68. The van der Waals surface area contributed by atoms with Gasteiger partial charge in [-0.15, -0.1) is 0 Å². The van der Waals surface area contributed by atoms with Crippen molar-refractivity contribution in [2.24, 2.45) is 0 Å². The average molecular weight is 404 g/mol. The van der Waals surface area contributed by atoms with E-state index in [0.717, 1.165) is 22.2 Å². The molecular formula is C19H14ClNO5S. The molecule has 1 N–H and O–H groups in total. The van der Waals surface area contributed by atoms with Crippen molar-refractivity contribution in [1.82, 2.24) is 4.90 Å². The molecule has 0 aliphatic carbocycles. The van der Waals surface area contributed by atoms with Gasteiger partial charge in [0.15, 0.2) is 6.61 Å². The van der Waals surface area contributed by atoms with Crippen molar-refractivity contribution in [3.05, 3.63) is 69.6 Å². The molecule has 138 valence electrons. The maximum Gasteiger partial charge on any atom is 0.341 e. The maximum absolute atomic E-state index is 12.6. The highest BCUT2D eigenvalue weighted by molar-refractivity contribution is 8.18. The van der Waals surface area contributed by atoms with Crippen LogP contribution in [0.1, 0.15) is 11.1 Å². The van der Waals surface area contributed by atoms with Crippen molar-refractivity contribution >= 4 is 46.6 Å². The van der Waals surface area contributed by atoms with Gasteiger partial charge in [0, 0.05) is 10.6 Å². The fourth-order valence-corrected chi connectivity index (χ4v) is 3.38. The quantitative estimate of drug-likeness (QED) is 0.733. The Morgan fingerprint density at radius 1 is 1.15 bits per heavy atom. The molecule has 2 amide bonds. The van der Waals surface area contributed by atoms with Crippen molar-refractivity contribution < 1.29 is 24.2 Å². The summed E-state index contributed by atoms with van der Waals surface area (Å²) in [6, 6.07) is 13.6. The Kier molecular flexibility index (Phi) is 5.83. The number of hydrogen-bond acceptors (Lipinski definition) is 5. The molecule has 2 aromatic rings. The number of carboxylic acids is 1. The first-order valence-electron chi connectivity index (χ1n) is 7.87. The Labute approximate surface area is 164 Å². The number of carboxylic acid groups (broad SMARTS) is 1. The van der Waals surface area contributed by atoms with Gasteiger partial charge in [-0.25, -0.2) is 4.79 Å². The van der Waals surface area contributed by atoms with E-state index >= 15 is 0 Å². The van der Waals surface area contributed by atoms with Crippen LogP contribution in [-0.4, -0.2) is 33.7 Å². The summed E-state index contributed by atoms with van der Waals surface area (Å²) in [7, 11) is 0. The summed E-state index contributed by atoms with van der Waals surface area (Å²) in [4.78, 5) is 37.0. The van der Waals surface area contributed by atoms with E-state index in [4.69, 9.17) is 21.4 Å². The Balaban J connectivity index is 1.80.